The van der Waals surface area contributed by atoms with Crippen molar-refractivity contribution < 1.29 is 0 Å². The summed E-state index contributed by atoms with van der Waals surface area (Å²) in [6.45, 7) is 5.53. The molecule has 0 saturated carbocycles. The van der Waals surface area contributed by atoms with Crippen LogP contribution in [0, 0.1) is 5.92 Å². The molecule has 0 aromatic carbocycles. The summed E-state index contributed by atoms with van der Waals surface area (Å²) in [5.74, 6) is 1.84. The highest BCUT2D eigenvalue weighted by atomic mass is 15.2. The standard InChI is InChI=1S/C15H26N4/c1-12(16)9-14-5-4-7-17-15(14)19(3)11-13-6-8-18(2)10-13/h4-5,7,12-13H,6,8-11,16H2,1-3H3. The summed E-state index contributed by atoms with van der Waals surface area (Å²) in [6.07, 6.45) is 4.05. The van der Waals surface area contributed by atoms with E-state index in [1.54, 1.807) is 0 Å². The van der Waals surface area contributed by atoms with Crippen molar-refractivity contribution in [2.75, 3.05) is 38.6 Å². The molecule has 1 aliphatic rings. The molecule has 1 aliphatic heterocycles. The molecule has 1 aromatic rings. The SMILES string of the molecule is CC(N)Cc1cccnc1N(C)CC1CCN(C)C1. The van der Waals surface area contributed by atoms with Crippen molar-refractivity contribution in [2.45, 2.75) is 25.8 Å². The minimum atomic E-state index is 0.175. The second-order valence-corrected chi connectivity index (χ2v) is 5.97. The van der Waals surface area contributed by atoms with E-state index in [0.717, 1.165) is 24.7 Å². The van der Waals surface area contributed by atoms with Gasteiger partial charge in [-0.3, -0.25) is 0 Å². The average molecular weight is 262 g/mol. The van der Waals surface area contributed by atoms with Crippen LogP contribution >= 0.6 is 0 Å². The lowest BCUT2D eigenvalue weighted by Gasteiger charge is -2.24. The molecule has 2 rings (SSSR count). The highest BCUT2D eigenvalue weighted by Crippen LogP contribution is 2.21. The van der Waals surface area contributed by atoms with Crippen molar-refractivity contribution in [1.82, 2.24) is 9.88 Å². The Morgan fingerprint density at radius 3 is 3.00 bits per heavy atom. The molecular formula is C15H26N4. The van der Waals surface area contributed by atoms with E-state index in [1.807, 2.05) is 19.2 Å². The molecule has 4 nitrogen and oxygen atoms in total. The van der Waals surface area contributed by atoms with Crippen LogP contribution in [-0.4, -0.2) is 49.7 Å². The molecule has 1 aromatic heterocycles. The topological polar surface area (TPSA) is 45.4 Å². The molecule has 0 amide bonds. The van der Waals surface area contributed by atoms with Crippen molar-refractivity contribution in [1.29, 1.82) is 0 Å². The maximum atomic E-state index is 5.92. The number of nitrogens with two attached hydrogens (primary N) is 1. The first-order valence-electron chi connectivity index (χ1n) is 7.15. The van der Waals surface area contributed by atoms with Gasteiger partial charge in [-0.1, -0.05) is 6.07 Å². The van der Waals surface area contributed by atoms with E-state index in [2.05, 4.69) is 34.9 Å². The highest BCUT2D eigenvalue weighted by Gasteiger charge is 2.22. The zero-order valence-electron chi connectivity index (χ0n) is 12.3. The Bertz CT molecular complexity index is 405. The largest absolute Gasteiger partial charge is 0.359 e. The van der Waals surface area contributed by atoms with Crippen LogP contribution in [0.1, 0.15) is 18.9 Å². The van der Waals surface area contributed by atoms with Gasteiger partial charge >= 0.3 is 0 Å². The Labute approximate surface area is 116 Å². The zero-order valence-corrected chi connectivity index (χ0v) is 12.3. The number of anilines is 1. The van der Waals surface area contributed by atoms with Gasteiger partial charge in [-0.25, -0.2) is 4.98 Å². The second kappa shape index (κ2) is 6.35. The fourth-order valence-corrected chi connectivity index (χ4v) is 2.93. The fraction of sp³-hybridized carbons (Fsp3) is 0.667. The van der Waals surface area contributed by atoms with Crippen molar-refractivity contribution in [3.05, 3.63) is 23.9 Å². The van der Waals surface area contributed by atoms with E-state index in [4.69, 9.17) is 5.73 Å². The number of hydrogen-bond acceptors (Lipinski definition) is 4. The van der Waals surface area contributed by atoms with Crippen LogP contribution in [0.25, 0.3) is 0 Å². The molecule has 1 saturated heterocycles. The van der Waals surface area contributed by atoms with Crippen LogP contribution < -0.4 is 10.6 Å². The maximum absolute atomic E-state index is 5.92. The van der Waals surface area contributed by atoms with Gasteiger partial charge in [0.25, 0.3) is 0 Å². The Hall–Kier alpha value is -1.13. The smallest absolute Gasteiger partial charge is 0.131 e. The first kappa shape index (κ1) is 14.3. The molecule has 0 bridgehead atoms. The predicted molar refractivity (Wildman–Crippen MR) is 80.5 cm³/mol. The first-order valence-corrected chi connectivity index (χ1v) is 7.15. The number of nitrogens with zero attached hydrogens (tertiary/aromatic N) is 3. The van der Waals surface area contributed by atoms with E-state index in [9.17, 15) is 0 Å². The van der Waals surface area contributed by atoms with Crippen LogP contribution in [0.3, 0.4) is 0 Å². The lowest BCUT2D eigenvalue weighted by Crippen LogP contribution is -2.29. The second-order valence-electron chi connectivity index (χ2n) is 5.97. The summed E-state index contributed by atoms with van der Waals surface area (Å²) in [6, 6.07) is 4.32. The van der Waals surface area contributed by atoms with Crippen molar-refractivity contribution >= 4 is 5.82 Å². The molecule has 2 unspecified atom stereocenters. The van der Waals surface area contributed by atoms with Gasteiger partial charge in [0, 0.05) is 32.4 Å². The molecule has 106 valence electrons. The van der Waals surface area contributed by atoms with Crippen LogP contribution in [0.5, 0.6) is 0 Å². The summed E-state index contributed by atoms with van der Waals surface area (Å²) in [7, 11) is 4.34. The maximum Gasteiger partial charge on any atom is 0.131 e. The monoisotopic (exact) mass is 262 g/mol. The number of likely N-dealkylation sites (tertiary alicyclic amines) is 1. The highest BCUT2D eigenvalue weighted by molar-refractivity contribution is 5.46. The minimum Gasteiger partial charge on any atom is -0.359 e. The van der Waals surface area contributed by atoms with E-state index in [0.29, 0.717) is 0 Å². The van der Waals surface area contributed by atoms with Gasteiger partial charge in [0.2, 0.25) is 0 Å². The summed E-state index contributed by atoms with van der Waals surface area (Å²) in [4.78, 5) is 9.25. The summed E-state index contributed by atoms with van der Waals surface area (Å²) in [5.41, 5.74) is 7.18. The van der Waals surface area contributed by atoms with Crippen LogP contribution in [0.4, 0.5) is 5.82 Å². The number of aromatic nitrogens is 1. The van der Waals surface area contributed by atoms with E-state index in [-0.39, 0.29) is 6.04 Å². The number of pyridine rings is 1. The third kappa shape index (κ3) is 3.91. The van der Waals surface area contributed by atoms with E-state index >= 15 is 0 Å². The molecule has 0 radical (unpaired) electrons. The first-order chi connectivity index (χ1) is 9.06. The Kier molecular flexibility index (Phi) is 4.77. The van der Waals surface area contributed by atoms with Crippen LogP contribution in [0.2, 0.25) is 0 Å². The normalized spacial score (nSPS) is 21.6. The van der Waals surface area contributed by atoms with Gasteiger partial charge in [0.05, 0.1) is 0 Å². The van der Waals surface area contributed by atoms with E-state index < -0.39 is 0 Å². The van der Waals surface area contributed by atoms with Crippen molar-refractivity contribution in [3.63, 3.8) is 0 Å². The van der Waals surface area contributed by atoms with E-state index in [1.165, 1.54) is 25.1 Å². The summed E-state index contributed by atoms with van der Waals surface area (Å²) in [5, 5.41) is 0. The fourth-order valence-electron chi connectivity index (χ4n) is 2.93. The van der Waals surface area contributed by atoms with Gasteiger partial charge in [-0.05, 0) is 50.9 Å². The van der Waals surface area contributed by atoms with Crippen molar-refractivity contribution in [3.8, 4) is 0 Å². The molecule has 0 spiro atoms. The molecule has 2 atom stereocenters. The van der Waals surface area contributed by atoms with Gasteiger partial charge in [0.1, 0.15) is 5.82 Å². The quantitative estimate of drug-likeness (QED) is 0.870. The van der Waals surface area contributed by atoms with Gasteiger partial charge in [-0.15, -0.1) is 0 Å². The average Bonchev–Trinajstić information content (AvgIpc) is 2.74. The number of hydrogen-bond donors (Lipinski definition) is 1. The zero-order chi connectivity index (χ0) is 13.8. The Morgan fingerprint density at radius 2 is 2.37 bits per heavy atom. The number of rotatable bonds is 5. The predicted octanol–water partition coefficient (Wildman–Crippen LogP) is 1.36. The molecule has 0 aliphatic carbocycles. The lowest BCUT2D eigenvalue weighted by molar-refractivity contribution is 0.395. The molecule has 2 heterocycles. The lowest BCUT2D eigenvalue weighted by atomic mass is 10.1. The molecule has 19 heavy (non-hydrogen) atoms. The molecule has 1 fully saturated rings. The van der Waals surface area contributed by atoms with Crippen LogP contribution in [0.15, 0.2) is 18.3 Å². The molecule has 4 heteroatoms. The Morgan fingerprint density at radius 1 is 1.58 bits per heavy atom. The molecular weight excluding hydrogens is 236 g/mol. The van der Waals surface area contributed by atoms with Gasteiger partial charge < -0.3 is 15.5 Å². The summed E-state index contributed by atoms with van der Waals surface area (Å²) >= 11 is 0. The molecule has 2 N–H and O–H groups in total. The minimum absolute atomic E-state index is 0.175. The van der Waals surface area contributed by atoms with Crippen LogP contribution in [-0.2, 0) is 6.42 Å². The van der Waals surface area contributed by atoms with Gasteiger partial charge in [0.15, 0.2) is 0 Å². The van der Waals surface area contributed by atoms with Gasteiger partial charge in [-0.2, -0.15) is 0 Å². The third-order valence-electron chi connectivity index (χ3n) is 3.79. The van der Waals surface area contributed by atoms with Crippen molar-refractivity contribution in [2.24, 2.45) is 11.7 Å². The Balaban J connectivity index is 2.03. The summed E-state index contributed by atoms with van der Waals surface area (Å²) < 4.78 is 0. The third-order valence-corrected chi connectivity index (χ3v) is 3.79.